The van der Waals surface area contributed by atoms with Gasteiger partial charge in [0.2, 0.25) is 5.91 Å². The van der Waals surface area contributed by atoms with Gasteiger partial charge < -0.3 is 10.1 Å². The molecule has 1 amide bonds. The topological polar surface area (TPSA) is 116 Å². The summed E-state index contributed by atoms with van der Waals surface area (Å²) in [6.07, 6.45) is 1.54. The average molecular weight is 398 g/mol. The molecule has 152 valence electrons. The Hall–Kier alpha value is -3.55. The second kappa shape index (κ2) is 10.1. The van der Waals surface area contributed by atoms with E-state index in [1.807, 2.05) is 12.1 Å². The maximum absolute atomic E-state index is 12.3. The molecule has 0 saturated heterocycles. The Bertz CT molecular complexity index is 921. The van der Waals surface area contributed by atoms with E-state index in [9.17, 15) is 24.5 Å². The summed E-state index contributed by atoms with van der Waals surface area (Å²) in [5.74, 6) is -1.22. The lowest BCUT2D eigenvalue weighted by Gasteiger charge is -2.08. The first-order valence-electron chi connectivity index (χ1n) is 9.07. The lowest BCUT2D eigenvalue weighted by molar-refractivity contribution is -0.385. The molecule has 2 rings (SSSR count). The van der Waals surface area contributed by atoms with E-state index in [1.54, 1.807) is 12.1 Å². The maximum Gasteiger partial charge on any atom is 0.339 e. The van der Waals surface area contributed by atoms with Gasteiger partial charge in [0.25, 0.3) is 5.69 Å². The number of aryl methyl sites for hydroxylation is 1. The van der Waals surface area contributed by atoms with Crippen molar-refractivity contribution >= 4 is 23.3 Å². The van der Waals surface area contributed by atoms with Gasteiger partial charge in [-0.3, -0.25) is 19.7 Å². The van der Waals surface area contributed by atoms with Gasteiger partial charge >= 0.3 is 5.97 Å². The molecule has 0 fully saturated rings. The normalized spacial score (nSPS) is 10.3. The van der Waals surface area contributed by atoms with Crippen LogP contribution >= 0.6 is 0 Å². The fourth-order valence-corrected chi connectivity index (χ4v) is 2.75. The van der Waals surface area contributed by atoms with Crippen molar-refractivity contribution in [3.63, 3.8) is 0 Å². The molecular formula is C21H22N2O6. The monoisotopic (exact) mass is 398 g/mol. The Balaban J connectivity index is 1.90. The van der Waals surface area contributed by atoms with Gasteiger partial charge in [0.1, 0.15) is 0 Å². The van der Waals surface area contributed by atoms with Crippen molar-refractivity contribution in [2.75, 3.05) is 13.2 Å². The van der Waals surface area contributed by atoms with E-state index in [-0.39, 0.29) is 28.5 Å². The first-order chi connectivity index (χ1) is 13.8. The summed E-state index contributed by atoms with van der Waals surface area (Å²) >= 11 is 0. The molecule has 0 bridgehead atoms. The summed E-state index contributed by atoms with van der Waals surface area (Å²) in [6.45, 7) is 3.06. The van der Waals surface area contributed by atoms with Crippen molar-refractivity contribution < 1.29 is 24.0 Å². The Labute approximate surface area is 168 Å². The highest BCUT2D eigenvalue weighted by molar-refractivity contribution is 5.99. The van der Waals surface area contributed by atoms with Crippen LogP contribution in [0, 0.1) is 17.0 Å². The fraction of sp³-hybridized carbons (Fsp3) is 0.286. The lowest BCUT2D eigenvalue weighted by Crippen LogP contribution is -2.21. The first kappa shape index (κ1) is 21.7. The molecule has 0 aliphatic rings. The predicted molar refractivity (Wildman–Crippen MR) is 106 cm³/mol. The number of carbonyl (C=O) groups is 3. The summed E-state index contributed by atoms with van der Waals surface area (Å²) in [6, 6.07) is 11.1. The molecule has 1 N–H and O–H groups in total. The van der Waals surface area contributed by atoms with Gasteiger partial charge in [0.05, 0.1) is 10.5 Å². The van der Waals surface area contributed by atoms with Crippen molar-refractivity contribution in [1.29, 1.82) is 0 Å². The molecular weight excluding hydrogens is 376 g/mol. The zero-order chi connectivity index (χ0) is 21.4. The molecule has 0 aliphatic carbocycles. The zero-order valence-electron chi connectivity index (χ0n) is 16.3. The number of amides is 1. The van der Waals surface area contributed by atoms with Crippen LogP contribution < -0.4 is 5.32 Å². The number of nitro benzene ring substituents is 1. The third kappa shape index (κ3) is 6.24. The van der Waals surface area contributed by atoms with E-state index in [0.717, 1.165) is 18.4 Å². The Morgan fingerprint density at radius 2 is 1.79 bits per heavy atom. The summed E-state index contributed by atoms with van der Waals surface area (Å²) in [7, 11) is 0. The molecule has 0 radical (unpaired) electrons. The maximum atomic E-state index is 12.3. The molecule has 0 atom stereocenters. The number of ether oxygens (including phenoxy) is 1. The molecule has 8 nitrogen and oxygen atoms in total. The van der Waals surface area contributed by atoms with Crippen LogP contribution in [0.5, 0.6) is 0 Å². The van der Waals surface area contributed by atoms with Gasteiger partial charge in [0.15, 0.2) is 12.4 Å². The van der Waals surface area contributed by atoms with Crippen LogP contribution in [0.25, 0.3) is 0 Å². The number of Topliss-reactive ketones (excluding diaryl/α,β-unsaturated/α-hetero) is 1. The number of nitrogens with zero attached hydrogens (tertiary/aromatic N) is 1. The standard InChI is InChI=1S/C21H22N2O6/c1-14-18(6-3-7-19(14)23(27)28)21(26)29-13-20(25)17-10-8-16(9-11-17)5-4-12-22-15(2)24/h3,6-11H,4-5,12-13H2,1-2H3,(H,22,24). The van der Waals surface area contributed by atoms with Crippen molar-refractivity contribution in [2.45, 2.75) is 26.7 Å². The number of nitro groups is 1. The minimum Gasteiger partial charge on any atom is -0.454 e. The third-order valence-electron chi connectivity index (χ3n) is 4.35. The molecule has 0 aliphatic heterocycles. The molecule has 0 heterocycles. The minimum absolute atomic E-state index is 0.0570. The van der Waals surface area contributed by atoms with Crippen LogP contribution in [-0.2, 0) is 16.0 Å². The van der Waals surface area contributed by atoms with E-state index >= 15 is 0 Å². The molecule has 2 aromatic rings. The smallest absolute Gasteiger partial charge is 0.339 e. The molecule has 0 aromatic heterocycles. The summed E-state index contributed by atoms with van der Waals surface area (Å²) in [5.41, 5.74) is 1.50. The van der Waals surface area contributed by atoms with E-state index < -0.39 is 17.5 Å². The predicted octanol–water partition coefficient (Wildman–Crippen LogP) is 3.01. The van der Waals surface area contributed by atoms with Gasteiger partial charge in [-0.25, -0.2) is 4.79 Å². The first-order valence-corrected chi connectivity index (χ1v) is 9.07. The summed E-state index contributed by atoms with van der Waals surface area (Å²) in [4.78, 5) is 45.7. The molecule has 0 unspecified atom stereocenters. The second-order valence-electron chi connectivity index (χ2n) is 6.49. The molecule has 0 spiro atoms. The SMILES string of the molecule is CC(=O)NCCCc1ccc(C(=O)COC(=O)c2cccc([N+](=O)[O-])c2C)cc1. The summed E-state index contributed by atoms with van der Waals surface area (Å²) in [5, 5.41) is 13.7. The van der Waals surface area contributed by atoms with Crippen LogP contribution in [0.4, 0.5) is 5.69 Å². The van der Waals surface area contributed by atoms with Gasteiger partial charge in [-0.1, -0.05) is 30.3 Å². The summed E-state index contributed by atoms with van der Waals surface area (Å²) < 4.78 is 5.04. The van der Waals surface area contributed by atoms with Gasteiger partial charge in [-0.15, -0.1) is 0 Å². The Morgan fingerprint density at radius 1 is 1.10 bits per heavy atom. The van der Waals surface area contributed by atoms with Crippen LogP contribution in [0.15, 0.2) is 42.5 Å². The molecule has 29 heavy (non-hydrogen) atoms. The number of esters is 1. The number of benzene rings is 2. The molecule has 0 saturated carbocycles. The number of hydrogen-bond donors (Lipinski definition) is 1. The fourth-order valence-electron chi connectivity index (χ4n) is 2.75. The zero-order valence-corrected chi connectivity index (χ0v) is 16.3. The van der Waals surface area contributed by atoms with Gasteiger partial charge in [-0.05, 0) is 31.4 Å². The van der Waals surface area contributed by atoms with Crippen LogP contribution in [0.1, 0.15) is 45.2 Å². The van der Waals surface area contributed by atoms with E-state index in [2.05, 4.69) is 5.32 Å². The lowest BCUT2D eigenvalue weighted by atomic mass is 10.1. The van der Waals surface area contributed by atoms with Crippen LogP contribution in [0.3, 0.4) is 0 Å². The van der Waals surface area contributed by atoms with Gasteiger partial charge in [0, 0.05) is 30.7 Å². The highest BCUT2D eigenvalue weighted by atomic mass is 16.6. The quantitative estimate of drug-likeness (QED) is 0.228. The van der Waals surface area contributed by atoms with E-state index in [0.29, 0.717) is 12.1 Å². The third-order valence-corrected chi connectivity index (χ3v) is 4.35. The van der Waals surface area contributed by atoms with Crippen molar-refractivity contribution in [3.05, 3.63) is 74.8 Å². The highest BCUT2D eigenvalue weighted by Crippen LogP contribution is 2.21. The number of carbonyl (C=O) groups excluding carboxylic acids is 3. The Kier molecular flexibility index (Phi) is 7.59. The number of rotatable bonds is 9. The number of ketones is 1. The van der Waals surface area contributed by atoms with Crippen molar-refractivity contribution in [3.8, 4) is 0 Å². The largest absolute Gasteiger partial charge is 0.454 e. The van der Waals surface area contributed by atoms with E-state index in [4.69, 9.17) is 4.74 Å². The number of nitrogens with one attached hydrogen (secondary N) is 1. The van der Waals surface area contributed by atoms with Crippen molar-refractivity contribution in [1.82, 2.24) is 5.32 Å². The van der Waals surface area contributed by atoms with Crippen LogP contribution in [0.2, 0.25) is 0 Å². The second-order valence-corrected chi connectivity index (χ2v) is 6.49. The molecule has 8 heteroatoms. The highest BCUT2D eigenvalue weighted by Gasteiger charge is 2.20. The number of hydrogen-bond acceptors (Lipinski definition) is 6. The van der Waals surface area contributed by atoms with Crippen LogP contribution in [-0.4, -0.2) is 35.7 Å². The van der Waals surface area contributed by atoms with Gasteiger partial charge in [-0.2, -0.15) is 0 Å². The molecule has 2 aromatic carbocycles. The van der Waals surface area contributed by atoms with Crippen molar-refractivity contribution in [2.24, 2.45) is 0 Å². The minimum atomic E-state index is -0.783. The van der Waals surface area contributed by atoms with E-state index in [1.165, 1.54) is 32.0 Å². The Morgan fingerprint density at radius 3 is 2.41 bits per heavy atom. The average Bonchev–Trinajstić information content (AvgIpc) is 2.69.